The highest BCUT2D eigenvalue weighted by Gasteiger charge is 2.46. The molecule has 5 amide bonds. The summed E-state index contributed by atoms with van der Waals surface area (Å²) in [5.41, 5.74) is 2.31. The van der Waals surface area contributed by atoms with E-state index in [1.165, 1.54) is 24.8 Å². The lowest BCUT2D eigenvalue weighted by Crippen LogP contribution is -2.42. The van der Waals surface area contributed by atoms with Gasteiger partial charge in [-0.25, -0.2) is 14.6 Å². The van der Waals surface area contributed by atoms with Gasteiger partial charge in [0.25, 0.3) is 0 Å². The fourth-order valence-corrected chi connectivity index (χ4v) is 3.16. The Labute approximate surface area is 174 Å². The van der Waals surface area contributed by atoms with Crippen LogP contribution < -0.4 is 15.0 Å². The van der Waals surface area contributed by atoms with Gasteiger partial charge in [0.2, 0.25) is 5.91 Å². The first-order chi connectivity index (χ1) is 14.3. The largest absolute Gasteiger partial charge is 0.497 e. The van der Waals surface area contributed by atoms with Crippen LogP contribution in [0.15, 0.2) is 48.5 Å². The van der Waals surface area contributed by atoms with Gasteiger partial charge in [0, 0.05) is 0 Å². The number of methoxy groups -OCH3 is 1. The minimum atomic E-state index is -1.04. The van der Waals surface area contributed by atoms with Gasteiger partial charge >= 0.3 is 17.8 Å². The topological polar surface area (TPSA) is 96.0 Å². The summed E-state index contributed by atoms with van der Waals surface area (Å²) in [6.07, 6.45) is 0.916. The van der Waals surface area contributed by atoms with Crippen LogP contribution in [-0.2, 0) is 20.8 Å². The van der Waals surface area contributed by atoms with Crippen LogP contribution in [0.2, 0.25) is 0 Å². The highest BCUT2D eigenvalue weighted by atomic mass is 16.5. The summed E-state index contributed by atoms with van der Waals surface area (Å²) < 4.78 is 5.05. The first kappa shape index (κ1) is 21.0. The van der Waals surface area contributed by atoms with E-state index in [2.05, 4.69) is 12.2 Å². The number of nitrogens with zero attached hydrogens (tertiary/aromatic N) is 2. The van der Waals surface area contributed by atoms with Crippen molar-refractivity contribution in [1.29, 1.82) is 0 Å². The van der Waals surface area contributed by atoms with Crippen molar-refractivity contribution in [3.8, 4) is 5.75 Å². The minimum Gasteiger partial charge on any atom is -0.497 e. The highest BCUT2D eigenvalue weighted by molar-refractivity contribution is 6.53. The number of carbonyl (C=O) groups excluding carboxylic acids is 4. The average molecular weight is 409 g/mol. The van der Waals surface area contributed by atoms with Crippen molar-refractivity contribution in [2.24, 2.45) is 0 Å². The molecule has 1 atom stereocenters. The number of hydrogen-bond acceptors (Lipinski definition) is 5. The summed E-state index contributed by atoms with van der Waals surface area (Å²) in [5.74, 6) is -2.03. The van der Waals surface area contributed by atoms with Gasteiger partial charge in [0.1, 0.15) is 12.3 Å². The summed E-state index contributed by atoms with van der Waals surface area (Å²) in [5, 5.41) is 2.75. The highest BCUT2D eigenvalue weighted by Crippen LogP contribution is 2.24. The molecule has 2 aromatic carbocycles. The number of urea groups is 1. The van der Waals surface area contributed by atoms with Crippen LogP contribution >= 0.6 is 0 Å². The van der Waals surface area contributed by atoms with Crippen LogP contribution in [0.4, 0.5) is 10.5 Å². The molecule has 0 radical (unpaired) electrons. The van der Waals surface area contributed by atoms with Crippen molar-refractivity contribution in [3.05, 3.63) is 59.7 Å². The molecule has 0 spiro atoms. The van der Waals surface area contributed by atoms with E-state index >= 15 is 0 Å². The molecule has 0 aliphatic carbocycles. The molecule has 3 rings (SSSR count). The SMILES string of the molecule is CCc1ccc([C@@H](C)NC(=O)CN2C(=O)C(=O)N(c3ccc(OC)cc3)C2=O)cc1. The number of ether oxygens (including phenoxy) is 1. The number of nitrogens with one attached hydrogen (secondary N) is 1. The van der Waals surface area contributed by atoms with Crippen LogP contribution in [0.1, 0.15) is 31.0 Å². The lowest BCUT2D eigenvalue weighted by molar-refractivity contribution is -0.140. The third-order valence-electron chi connectivity index (χ3n) is 4.95. The third-order valence-corrected chi connectivity index (χ3v) is 4.95. The zero-order chi connectivity index (χ0) is 21.8. The normalized spacial score (nSPS) is 14.8. The molecule has 8 heteroatoms. The molecule has 1 heterocycles. The molecule has 1 N–H and O–H groups in total. The van der Waals surface area contributed by atoms with Crippen molar-refractivity contribution in [2.45, 2.75) is 26.3 Å². The van der Waals surface area contributed by atoms with Gasteiger partial charge in [0.05, 0.1) is 18.8 Å². The molecular formula is C22H23N3O5. The van der Waals surface area contributed by atoms with E-state index < -0.39 is 30.3 Å². The Kier molecular flexibility index (Phi) is 6.15. The lowest BCUT2D eigenvalue weighted by atomic mass is 10.1. The van der Waals surface area contributed by atoms with Gasteiger partial charge in [0.15, 0.2) is 0 Å². The first-order valence-electron chi connectivity index (χ1n) is 9.57. The Bertz CT molecular complexity index is 969. The molecule has 0 unspecified atom stereocenters. The number of aryl methyl sites for hydroxylation is 1. The zero-order valence-electron chi connectivity index (χ0n) is 17.0. The van der Waals surface area contributed by atoms with Gasteiger partial charge in [-0.15, -0.1) is 0 Å². The molecule has 1 aliphatic heterocycles. The van der Waals surface area contributed by atoms with Crippen LogP contribution in [0.3, 0.4) is 0 Å². The second-order valence-electron chi connectivity index (χ2n) is 6.90. The van der Waals surface area contributed by atoms with Gasteiger partial charge in [-0.1, -0.05) is 31.2 Å². The number of amides is 5. The molecule has 1 saturated heterocycles. The number of benzene rings is 2. The fraction of sp³-hybridized carbons (Fsp3) is 0.273. The fourth-order valence-electron chi connectivity index (χ4n) is 3.16. The third kappa shape index (κ3) is 4.17. The number of imide groups is 2. The zero-order valence-corrected chi connectivity index (χ0v) is 17.0. The quantitative estimate of drug-likeness (QED) is 0.560. The molecule has 0 saturated carbocycles. The Hall–Kier alpha value is -3.68. The smallest absolute Gasteiger partial charge is 0.339 e. The van der Waals surface area contributed by atoms with Crippen molar-refractivity contribution >= 4 is 29.4 Å². The van der Waals surface area contributed by atoms with Gasteiger partial charge in [-0.2, -0.15) is 0 Å². The molecule has 0 aromatic heterocycles. The predicted molar refractivity (Wildman–Crippen MR) is 110 cm³/mol. The molecule has 8 nitrogen and oxygen atoms in total. The Morgan fingerprint density at radius 1 is 1.00 bits per heavy atom. The lowest BCUT2D eigenvalue weighted by Gasteiger charge is -2.18. The number of carbonyl (C=O) groups is 4. The van der Waals surface area contributed by atoms with Crippen molar-refractivity contribution < 1.29 is 23.9 Å². The van der Waals surface area contributed by atoms with Gasteiger partial charge < -0.3 is 10.1 Å². The van der Waals surface area contributed by atoms with E-state index in [1.54, 1.807) is 19.1 Å². The summed E-state index contributed by atoms with van der Waals surface area (Å²) in [7, 11) is 1.49. The molecule has 156 valence electrons. The molecule has 1 fully saturated rings. The van der Waals surface area contributed by atoms with Crippen molar-refractivity contribution in [3.63, 3.8) is 0 Å². The first-order valence-corrected chi connectivity index (χ1v) is 9.57. The van der Waals surface area contributed by atoms with Crippen LogP contribution in [0.5, 0.6) is 5.75 Å². The standard InChI is InChI=1S/C22H23N3O5/c1-4-15-5-7-16(8-6-15)14(2)23-19(26)13-24-20(27)21(28)25(22(24)29)17-9-11-18(30-3)12-10-17/h5-12,14H,4,13H2,1-3H3,(H,23,26)/t14-/m1/s1. The van der Waals surface area contributed by atoms with Crippen LogP contribution in [-0.4, -0.2) is 42.3 Å². The Morgan fingerprint density at radius 2 is 1.63 bits per heavy atom. The van der Waals surface area contributed by atoms with E-state index in [0.29, 0.717) is 10.6 Å². The van der Waals surface area contributed by atoms with Crippen molar-refractivity contribution in [1.82, 2.24) is 10.2 Å². The molecule has 0 bridgehead atoms. The van der Waals surface area contributed by atoms with Crippen LogP contribution in [0, 0.1) is 0 Å². The second kappa shape index (κ2) is 8.77. The van der Waals surface area contributed by atoms with Crippen LogP contribution in [0.25, 0.3) is 0 Å². The molecule has 1 aliphatic rings. The number of hydrogen-bond donors (Lipinski definition) is 1. The maximum absolute atomic E-state index is 12.6. The van der Waals surface area contributed by atoms with Crippen molar-refractivity contribution in [2.75, 3.05) is 18.6 Å². The van der Waals surface area contributed by atoms with E-state index in [-0.39, 0.29) is 11.7 Å². The second-order valence-corrected chi connectivity index (χ2v) is 6.90. The Balaban J connectivity index is 1.67. The van der Waals surface area contributed by atoms with Gasteiger partial charge in [-0.3, -0.25) is 14.4 Å². The number of anilines is 1. The summed E-state index contributed by atoms with van der Waals surface area (Å²) in [6.45, 7) is 3.33. The van der Waals surface area contributed by atoms with E-state index in [1.807, 2.05) is 24.3 Å². The minimum absolute atomic E-state index is 0.228. The van der Waals surface area contributed by atoms with Gasteiger partial charge in [-0.05, 0) is 48.7 Å². The summed E-state index contributed by atoms with van der Waals surface area (Å²) >= 11 is 0. The van der Waals surface area contributed by atoms with E-state index in [4.69, 9.17) is 4.74 Å². The monoisotopic (exact) mass is 409 g/mol. The number of rotatable bonds is 7. The average Bonchev–Trinajstić information content (AvgIpc) is 2.97. The Morgan fingerprint density at radius 3 is 2.20 bits per heavy atom. The predicted octanol–water partition coefficient (Wildman–Crippen LogP) is 2.43. The molecular weight excluding hydrogens is 386 g/mol. The summed E-state index contributed by atoms with van der Waals surface area (Å²) in [4.78, 5) is 51.1. The van der Waals surface area contributed by atoms with E-state index in [9.17, 15) is 19.2 Å². The molecule has 30 heavy (non-hydrogen) atoms. The molecule has 2 aromatic rings. The van der Waals surface area contributed by atoms with E-state index in [0.717, 1.165) is 16.9 Å². The maximum Gasteiger partial charge on any atom is 0.339 e. The maximum atomic E-state index is 12.6. The summed E-state index contributed by atoms with van der Waals surface area (Å²) in [6, 6.07) is 12.8.